The van der Waals surface area contributed by atoms with Gasteiger partial charge in [0.25, 0.3) is 0 Å². The summed E-state index contributed by atoms with van der Waals surface area (Å²) in [6.07, 6.45) is 10.3. The number of hydrogen-bond acceptors (Lipinski definition) is 3. The lowest BCUT2D eigenvalue weighted by molar-refractivity contribution is -0.118. The van der Waals surface area contributed by atoms with E-state index in [1.807, 2.05) is 47.5 Å². The average molecular weight is 391 g/mol. The smallest absolute Gasteiger partial charge is 0.231 e. The van der Waals surface area contributed by atoms with Crippen LogP contribution in [0.5, 0.6) is 0 Å². The number of rotatable bonds is 7. The molecule has 1 saturated heterocycles. The van der Waals surface area contributed by atoms with Gasteiger partial charge in [0.05, 0.1) is 18.4 Å². The Morgan fingerprint density at radius 1 is 1.10 bits per heavy atom. The van der Waals surface area contributed by atoms with Gasteiger partial charge in [-0.3, -0.25) is 9.69 Å². The molecule has 1 unspecified atom stereocenters. The van der Waals surface area contributed by atoms with Gasteiger partial charge < -0.3 is 10.1 Å². The Hall–Kier alpha value is -2.43. The lowest BCUT2D eigenvalue weighted by Gasteiger charge is -2.27. The normalized spacial score (nSPS) is 19.5. The molecule has 0 bridgehead atoms. The van der Waals surface area contributed by atoms with E-state index in [2.05, 4.69) is 23.5 Å². The number of carbonyl (C=O) groups is 1. The summed E-state index contributed by atoms with van der Waals surface area (Å²) in [5.41, 5.74) is 4.77. The van der Waals surface area contributed by atoms with E-state index in [0.29, 0.717) is 12.5 Å². The number of benzene rings is 2. The summed E-state index contributed by atoms with van der Waals surface area (Å²) in [6, 6.07) is 16.7. The van der Waals surface area contributed by atoms with E-state index in [1.54, 1.807) is 0 Å². The van der Waals surface area contributed by atoms with E-state index in [9.17, 15) is 4.79 Å². The van der Waals surface area contributed by atoms with Crippen molar-refractivity contribution in [2.24, 2.45) is 0 Å². The maximum atomic E-state index is 12.5. The quantitative estimate of drug-likeness (QED) is 0.715. The minimum Gasteiger partial charge on any atom is -0.376 e. The molecule has 29 heavy (non-hydrogen) atoms. The fourth-order valence-electron chi connectivity index (χ4n) is 4.12. The zero-order valence-electron chi connectivity index (χ0n) is 17.0. The zero-order valence-corrected chi connectivity index (χ0v) is 17.0. The molecular formula is C25H30N2O2. The highest BCUT2D eigenvalue weighted by molar-refractivity contribution is 5.98. The van der Waals surface area contributed by atoms with Gasteiger partial charge >= 0.3 is 0 Å². The number of anilines is 1. The topological polar surface area (TPSA) is 41.6 Å². The summed E-state index contributed by atoms with van der Waals surface area (Å²) < 4.78 is 5.78. The molecule has 4 heteroatoms. The van der Waals surface area contributed by atoms with Gasteiger partial charge in [0, 0.05) is 25.7 Å². The molecule has 2 aliphatic rings. The SMILES string of the molecule is O=C1CCc2cc(CCCCC3CNCCO3)ccc2N1C=Cc1ccccc1. The third kappa shape index (κ3) is 5.34. The highest BCUT2D eigenvalue weighted by Crippen LogP contribution is 2.30. The highest BCUT2D eigenvalue weighted by Gasteiger charge is 2.22. The Bertz CT molecular complexity index is 841. The maximum Gasteiger partial charge on any atom is 0.231 e. The molecule has 0 aliphatic carbocycles. The molecule has 0 radical (unpaired) electrons. The molecule has 1 atom stereocenters. The Labute approximate surface area is 173 Å². The van der Waals surface area contributed by atoms with Crippen molar-refractivity contribution in [3.05, 3.63) is 71.4 Å². The monoisotopic (exact) mass is 390 g/mol. The van der Waals surface area contributed by atoms with Crippen molar-refractivity contribution < 1.29 is 9.53 Å². The number of nitrogens with one attached hydrogen (secondary N) is 1. The second-order valence-corrected chi connectivity index (χ2v) is 7.90. The molecule has 4 nitrogen and oxygen atoms in total. The predicted molar refractivity (Wildman–Crippen MR) is 118 cm³/mol. The summed E-state index contributed by atoms with van der Waals surface area (Å²) in [5, 5.41) is 3.39. The first kappa shape index (κ1) is 19.9. The molecule has 4 rings (SSSR count). The van der Waals surface area contributed by atoms with Crippen LogP contribution in [0.15, 0.2) is 54.7 Å². The van der Waals surface area contributed by atoms with Gasteiger partial charge in [0.2, 0.25) is 5.91 Å². The van der Waals surface area contributed by atoms with Crippen molar-refractivity contribution in [2.75, 3.05) is 24.6 Å². The van der Waals surface area contributed by atoms with Crippen molar-refractivity contribution in [1.82, 2.24) is 5.32 Å². The summed E-state index contributed by atoms with van der Waals surface area (Å²) in [7, 11) is 0. The fraction of sp³-hybridized carbons (Fsp3) is 0.400. The summed E-state index contributed by atoms with van der Waals surface area (Å²) in [4.78, 5) is 14.3. The molecule has 1 fully saturated rings. The minimum atomic E-state index is 0.165. The number of morpholine rings is 1. The lowest BCUT2D eigenvalue weighted by atomic mass is 9.96. The van der Waals surface area contributed by atoms with Crippen LogP contribution in [-0.2, 0) is 22.4 Å². The zero-order chi connectivity index (χ0) is 19.9. The van der Waals surface area contributed by atoms with E-state index in [0.717, 1.165) is 50.2 Å². The molecule has 2 aromatic carbocycles. The fourth-order valence-corrected chi connectivity index (χ4v) is 4.12. The van der Waals surface area contributed by atoms with E-state index < -0.39 is 0 Å². The van der Waals surface area contributed by atoms with Gasteiger partial charge in [0.1, 0.15) is 0 Å². The van der Waals surface area contributed by atoms with Crippen molar-refractivity contribution in [3.63, 3.8) is 0 Å². The largest absolute Gasteiger partial charge is 0.376 e. The van der Waals surface area contributed by atoms with E-state index in [4.69, 9.17) is 4.74 Å². The molecule has 1 amide bonds. The van der Waals surface area contributed by atoms with Crippen molar-refractivity contribution in [2.45, 2.75) is 44.6 Å². The van der Waals surface area contributed by atoms with Crippen LogP contribution in [0.25, 0.3) is 6.08 Å². The van der Waals surface area contributed by atoms with Crippen molar-refractivity contribution in [3.8, 4) is 0 Å². The number of fused-ring (bicyclic) bond motifs is 1. The van der Waals surface area contributed by atoms with Crippen LogP contribution in [0, 0.1) is 0 Å². The van der Waals surface area contributed by atoms with Crippen molar-refractivity contribution in [1.29, 1.82) is 0 Å². The summed E-state index contributed by atoms with van der Waals surface area (Å²) in [6.45, 7) is 2.80. The second-order valence-electron chi connectivity index (χ2n) is 7.90. The first-order valence-corrected chi connectivity index (χ1v) is 10.8. The van der Waals surface area contributed by atoms with Crippen LogP contribution in [0.1, 0.15) is 42.4 Å². The van der Waals surface area contributed by atoms with Gasteiger partial charge in [0.15, 0.2) is 0 Å². The number of hydrogen-bond donors (Lipinski definition) is 1. The molecule has 2 aromatic rings. The third-order valence-corrected chi connectivity index (χ3v) is 5.74. The molecule has 0 aromatic heterocycles. The van der Waals surface area contributed by atoms with Crippen LogP contribution in [0.4, 0.5) is 5.69 Å². The van der Waals surface area contributed by atoms with E-state index in [-0.39, 0.29) is 5.91 Å². The number of aryl methyl sites for hydroxylation is 2. The third-order valence-electron chi connectivity index (χ3n) is 5.74. The lowest BCUT2D eigenvalue weighted by Crippen LogP contribution is -2.38. The second kappa shape index (κ2) is 9.86. The molecule has 2 heterocycles. The number of amides is 1. The van der Waals surface area contributed by atoms with Gasteiger partial charge in [-0.05, 0) is 54.5 Å². The molecule has 152 valence electrons. The average Bonchev–Trinajstić information content (AvgIpc) is 2.77. The Kier molecular flexibility index (Phi) is 6.75. The molecular weight excluding hydrogens is 360 g/mol. The van der Waals surface area contributed by atoms with Crippen LogP contribution in [0.3, 0.4) is 0 Å². The Morgan fingerprint density at radius 3 is 2.83 bits per heavy atom. The maximum absolute atomic E-state index is 12.5. The van der Waals surface area contributed by atoms with Gasteiger partial charge in [-0.2, -0.15) is 0 Å². The summed E-state index contributed by atoms with van der Waals surface area (Å²) >= 11 is 0. The van der Waals surface area contributed by atoms with Crippen LogP contribution < -0.4 is 10.2 Å². The minimum absolute atomic E-state index is 0.165. The van der Waals surface area contributed by atoms with E-state index in [1.165, 1.54) is 24.0 Å². The van der Waals surface area contributed by atoms with Crippen LogP contribution in [-0.4, -0.2) is 31.7 Å². The van der Waals surface area contributed by atoms with Gasteiger partial charge in [-0.1, -0.05) is 48.9 Å². The highest BCUT2D eigenvalue weighted by atomic mass is 16.5. The Morgan fingerprint density at radius 2 is 2.00 bits per heavy atom. The first-order valence-electron chi connectivity index (χ1n) is 10.8. The summed E-state index contributed by atoms with van der Waals surface area (Å²) in [5.74, 6) is 0.165. The Balaban J connectivity index is 1.36. The van der Waals surface area contributed by atoms with E-state index >= 15 is 0 Å². The number of unbranched alkanes of at least 4 members (excludes halogenated alkanes) is 1. The first-order chi connectivity index (χ1) is 14.3. The van der Waals surface area contributed by atoms with Crippen LogP contribution >= 0.6 is 0 Å². The van der Waals surface area contributed by atoms with Gasteiger partial charge in [-0.25, -0.2) is 0 Å². The van der Waals surface area contributed by atoms with Crippen molar-refractivity contribution >= 4 is 17.7 Å². The molecule has 1 N–H and O–H groups in total. The molecule has 2 aliphatic heterocycles. The number of nitrogens with zero attached hydrogens (tertiary/aromatic N) is 1. The molecule has 0 saturated carbocycles. The number of ether oxygens (including phenoxy) is 1. The number of carbonyl (C=O) groups excluding carboxylic acids is 1. The standard InChI is InChI=1S/C25H30N2O2/c28-25-13-11-22-18-21(8-4-5-9-23-19-26-15-17-29-23)10-12-24(22)27(25)16-14-20-6-2-1-3-7-20/h1-3,6-7,10,12,14,16,18,23,26H,4-5,8-9,11,13,15,17,19H2. The van der Waals surface area contributed by atoms with Crippen LogP contribution in [0.2, 0.25) is 0 Å². The predicted octanol–water partition coefficient (Wildman–Crippen LogP) is 4.34. The van der Waals surface area contributed by atoms with Gasteiger partial charge in [-0.15, -0.1) is 0 Å². The molecule has 0 spiro atoms.